The Morgan fingerprint density at radius 1 is 1.46 bits per heavy atom. The number of hydrogen-bond donors (Lipinski definition) is 1. The van der Waals surface area contributed by atoms with E-state index in [0.29, 0.717) is 6.07 Å². The van der Waals surface area contributed by atoms with Crippen LogP contribution in [0.2, 0.25) is 5.02 Å². The van der Waals surface area contributed by atoms with Crippen LogP contribution in [-0.2, 0) is 9.53 Å². The third kappa shape index (κ3) is 3.69. The van der Waals surface area contributed by atoms with Gasteiger partial charge >= 0.3 is 5.97 Å². The number of alkyl halides is 1. The smallest absolute Gasteiger partial charge is 0.343 e. The lowest BCUT2D eigenvalue weighted by Crippen LogP contribution is -2.12. The van der Waals surface area contributed by atoms with Gasteiger partial charge in [-0.05, 0) is 13.0 Å². The molecule has 4 nitrogen and oxygen atoms in total. The highest BCUT2D eigenvalue weighted by Crippen LogP contribution is 2.31. The van der Waals surface area contributed by atoms with Crippen LogP contribution in [0.15, 0.2) is 16.6 Å². The molecule has 1 N–H and O–H groups in total. The minimum Gasteiger partial charge on any atom is -0.506 e. The second kappa shape index (κ2) is 7.21. The summed E-state index contributed by atoms with van der Waals surface area (Å²) < 4.78 is 58.1. The van der Waals surface area contributed by atoms with Crippen LogP contribution in [0.4, 0.5) is 17.6 Å². The Kier molecular flexibility index (Phi) is 5.48. The maximum Gasteiger partial charge on any atom is 0.343 e. The van der Waals surface area contributed by atoms with E-state index >= 15 is 0 Å². The molecule has 0 unspecified atom stereocenters. The van der Waals surface area contributed by atoms with Gasteiger partial charge in [0.1, 0.15) is 22.5 Å². The largest absolute Gasteiger partial charge is 0.506 e. The number of benzene rings is 1. The fourth-order valence-corrected chi connectivity index (χ4v) is 1.98. The molecule has 0 aliphatic heterocycles. The molecular formula is C15H12ClF4NO3. The van der Waals surface area contributed by atoms with Crippen LogP contribution in [0.1, 0.15) is 18.9 Å². The minimum absolute atomic E-state index is 0.0698. The lowest BCUT2D eigenvalue weighted by molar-refractivity contribution is -0.137. The van der Waals surface area contributed by atoms with Gasteiger partial charge in [-0.3, -0.25) is 4.99 Å². The molecule has 1 fully saturated rings. The first-order valence-electron chi connectivity index (χ1n) is 6.88. The van der Waals surface area contributed by atoms with Crippen molar-refractivity contribution in [2.75, 3.05) is 6.61 Å². The fourth-order valence-electron chi connectivity index (χ4n) is 1.79. The van der Waals surface area contributed by atoms with Crippen LogP contribution >= 0.6 is 11.6 Å². The van der Waals surface area contributed by atoms with Crippen molar-refractivity contribution < 1.29 is 32.2 Å². The van der Waals surface area contributed by atoms with Crippen LogP contribution in [0.25, 0.3) is 5.76 Å². The number of ether oxygens (including phenoxy) is 1. The summed E-state index contributed by atoms with van der Waals surface area (Å²) in [6, 6.07) is -0.339. The number of halogens is 5. The Bertz CT molecular complexity index is 736. The molecule has 1 aliphatic carbocycles. The number of aliphatic imine (C=N–C) groups is 1. The maximum absolute atomic E-state index is 14.0. The summed E-state index contributed by atoms with van der Waals surface area (Å²) in [6.45, 7) is 1.41. The predicted molar refractivity (Wildman–Crippen MR) is 79.3 cm³/mol. The van der Waals surface area contributed by atoms with E-state index in [9.17, 15) is 27.5 Å². The van der Waals surface area contributed by atoms with Gasteiger partial charge in [0, 0.05) is 12.6 Å². The van der Waals surface area contributed by atoms with E-state index in [2.05, 4.69) is 9.73 Å². The molecule has 9 heteroatoms. The zero-order valence-electron chi connectivity index (χ0n) is 12.3. The highest BCUT2D eigenvalue weighted by atomic mass is 35.5. The van der Waals surface area contributed by atoms with E-state index in [0.717, 1.165) is 6.21 Å². The molecule has 2 atom stereocenters. The third-order valence-electron chi connectivity index (χ3n) is 3.18. The average molecular weight is 366 g/mol. The minimum atomic E-state index is -1.63. The summed E-state index contributed by atoms with van der Waals surface area (Å²) in [5.41, 5.74) is -1.47. The predicted octanol–water partition coefficient (Wildman–Crippen LogP) is 3.77. The van der Waals surface area contributed by atoms with E-state index in [1.165, 1.54) is 6.92 Å². The third-order valence-corrected chi connectivity index (χ3v) is 3.52. The van der Waals surface area contributed by atoms with E-state index in [1.54, 1.807) is 0 Å². The molecule has 2 rings (SSSR count). The van der Waals surface area contributed by atoms with Gasteiger partial charge in [-0.15, -0.1) is 0 Å². The molecule has 0 radical (unpaired) electrons. The number of aliphatic hydroxyl groups excluding tert-OH is 1. The number of carbonyl (C=O) groups excluding carboxylic acids is 1. The fraction of sp³-hybridized carbons (Fsp3) is 0.333. The zero-order chi connectivity index (χ0) is 18.0. The van der Waals surface area contributed by atoms with Gasteiger partial charge in [0.2, 0.25) is 0 Å². The second-order valence-electron chi connectivity index (χ2n) is 4.93. The van der Waals surface area contributed by atoms with E-state index in [1.807, 2.05) is 0 Å². The lowest BCUT2D eigenvalue weighted by atomic mass is 10.1. The molecule has 1 saturated carbocycles. The highest BCUT2D eigenvalue weighted by Gasteiger charge is 2.37. The Morgan fingerprint density at radius 3 is 2.62 bits per heavy atom. The Labute approximate surface area is 139 Å². The van der Waals surface area contributed by atoms with Crippen LogP contribution in [0.5, 0.6) is 0 Å². The summed E-state index contributed by atoms with van der Waals surface area (Å²) in [5, 5.41) is 8.93. The Morgan fingerprint density at radius 2 is 2.08 bits per heavy atom. The van der Waals surface area contributed by atoms with Gasteiger partial charge in [0.25, 0.3) is 0 Å². The van der Waals surface area contributed by atoms with Crippen LogP contribution in [-0.4, -0.2) is 36.1 Å². The first kappa shape index (κ1) is 18.3. The van der Waals surface area contributed by atoms with Crippen molar-refractivity contribution in [3.8, 4) is 0 Å². The van der Waals surface area contributed by atoms with Gasteiger partial charge < -0.3 is 9.84 Å². The van der Waals surface area contributed by atoms with Gasteiger partial charge in [0.15, 0.2) is 17.5 Å². The molecule has 0 heterocycles. The first-order chi connectivity index (χ1) is 11.3. The van der Waals surface area contributed by atoms with Crippen molar-refractivity contribution in [2.24, 2.45) is 4.99 Å². The molecule has 0 saturated heterocycles. The molecule has 24 heavy (non-hydrogen) atoms. The van der Waals surface area contributed by atoms with Crippen LogP contribution in [0, 0.1) is 17.5 Å². The molecular weight excluding hydrogens is 354 g/mol. The Balaban J connectivity index is 2.52. The van der Waals surface area contributed by atoms with E-state index in [4.69, 9.17) is 11.6 Å². The van der Waals surface area contributed by atoms with Crippen LogP contribution in [0.3, 0.4) is 0 Å². The average Bonchev–Trinajstić information content (AvgIpc) is 3.24. The summed E-state index contributed by atoms with van der Waals surface area (Å²) in [5.74, 6) is -6.75. The van der Waals surface area contributed by atoms with Crippen molar-refractivity contribution >= 4 is 29.5 Å². The quantitative estimate of drug-likeness (QED) is 0.164. The van der Waals surface area contributed by atoms with Crippen molar-refractivity contribution in [3.05, 3.63) is 39.7 Å². The number of nitrogens with zero attached hydrogens (tertiary/aromatic N) is 1. The summed E-state index contributed by atoms with van der Waals surface area (Å²) in [6.07, 6.45) is -0.202. The van der Waals surface area contributed by atoms with Gasteiger partial charge in [-0.25, -0.2) is 22.4 Å². The SMILES string of the molecule is CCOC(=O)/C(C=N[C@H]1C[C@@H]1F)=C(/O)c1cc(F)c(F)c(Cl)c1F. The molecule has 0 amide bonds. The van der Waals surface area contributed by atoms with Crippen molar-refractivity contribution in [2.45, 2.75) is 25.6 Å². The van der Waals surface area contributed by atoms with Gasteiger partial charge in [0.05, 0.1) is 18.2 Å². The summed E-state index contributed by atoms with van der Waals surface area (Å²) >= 11 is 5.31. The molecule has 0 bridgehead atoms. The summed E-state index contributed by atoms with van der Waals surface area (Å²) in [4.78, 5) is 15.6. The normalized spacial score (nSPS) is 20.9. The monoisotopic (exact) mass is 365 g/mol. The zero-order valence-corrected chi connectivity index (χ0v) is 13.1. The molecule has 0 spiro atoms. The molecule has 1 aromatic rings. The van der Waals surface area contributed by atoms with Crippen molar-refractivity contribution in [1.29, 1.82) is 0 Å². The highest BCUT2D eigenvalue weighted by molar-refractivity contribution is 6.31. The number of carbonyl (C=O) groups is 1. The number of aliphatic hydroxyl groups is 1. The molecule has 0 aromatic heterocycles. The summed E-state index contributed by atoms with van der Waals surface area (Å²) in [7, 11) is 0. The van der Waals surface area contributed by atoms with E-state index in [-0.39, 0.29) is 13.0 Å². The van der Waals surface area contributed by atoms with Crippen molar-refractivity contribution in [3.63, 3.8) is 0 Å². The number of hydrogen-bond acceptors (Lipinski definition) is 4. The first-order valence-corrected chi connectivity index (χ1v) is 7.26. The standard InChI is InChI=1S/C15H12ClF4NO3/c1-2-24-15(23)7(5-21-10-4-8(10)17)14(22)6-3-9(18)13(20)11(16)12(6)19/h3,5,8,10,22H,2,4H2,1H3/b14-7+,21-5?/t8-,10-/m0/s1. The molecule has 130 valence electrons. The number of rotatable bonds is 5. The van der Waals surface area contributed by atoms with Gasteiger partial charge in [-0.1, -0.05) is 11.6 Å². The molecule has 1 aromatic carbocycles. The lowest BCUT2D eigenvalue weighted by Gasteiger charge is -2.09. The van der Waals surface area contributed by atoms with Gasteiger partial charge in [-0.2, -0.15) is 0 Å². The van der Waals surface area contributed by atoms with Crippen LogP contribution < -0.4 is 0 Å². The topological polar surface area (TPSA) is 58.9 Å². The van der Waals surface area contributed by atoms with Crippen molar-refractivity contribution in [1.82, 2.24) is 0 Å². The maximum atomic E-state index is 14.0. The Hall–Kier alpha value is -2.09. The second-order valence-corrected chi connectivity index (χ2v) is 5.31. The number of esters is 1. The molecule has 1 aliphatic rings. The van der Waals surface area contributed by atoms with E-state index < -0.39 is 57.6 Å².